The molecule has 1 aliphatic rings. The summed E-state index contributed by atoms with van der Waals surface area (Å²) in [5.74, 6) is 0.825. The summed E-state index contributed by atoms with van der Waals surface area (Å²) in [5.41, 5.74) is 0.365. The Hall–Kier alpha value is -1.69. The van der Waals surface area contributed by atoms with Crippen LogP contribution in [0.1, 0.15) is 23.3 Å². The molecule has 0 aliphatic carbocycles. The molecule has 1 aliphatic heterocycles. The van der Waals surface area contributed by atoms with Crippen LogP contribution < -0.4 is 5.32 Å². The van der Waals surface area contributed by atoms with E-state index in [1.54, 1.807) is 18.1 Å². The molecule has 1 saturated heterocycles. The van der Waals surface area contributed by atoms with Crippen LogP contribution in [0.3, 0.4) is 0 Å². The molecule has 0 radical (unpaired) electrons. The summed E-state index contributed by atoms with van der Waals surface area (Å²) in [4.78, 5) is 22.2. The van der Waals surface area contributed by atoms with E-state index in [1.807, 2.05) is 0 Å². The molecule has 0 aromatic carbocycles. The largest absolute Gasteiger partial charge is 0.396 e. The number of likely N-dealkylation sites (tertiary alicyclic amines) is 1. The van der Waals surface area contributed by atoms with E-state index in [0.717, 1.165) is 12.8 Å². The van der Waals surface area contributed by atoms with E-state index in [4.69, 9.17) is 5.11 Å². The van der Waals surface area contributed by atoms with Gasteiger partial charge < -0.3 is 15.3 Å². The highest BCUT2D eigenvalue weighted by atomic mass is 16.3. The van der Waals surface area contributed by atoms with Crippen LogP contribution in [0.5, 0.6) is 0 Å². The summed E-state index contributed by atoms with van der Waals surface area (Å²) in [6, 6.07) is 0. The van der Waals surface area contributed by atoms with Gasteiger partial charge in [-0.3, -0.25) is 9.78 Å². The first kappa shape index (κ1) is 12.8. The topological polar surface area (TPSA) is 78.4 Å². The number of amides is 1. The third kappa shape index (κ3) is 2.76. The Labute approximate surface area is 106 Å². The average molecular weight is 250 g/mol. The number of hydrogen-bond acceptors (Lipinski definition) is 5. The van der Waals surface area contributed by atoms with Crippen LogP contribution in [0, 0.1) is 5.92 Å². The zero-order valence-corrected chi connectivity index (χ0v) is 10.5. The number of aliphatic hydroxyl groups is 1. The van der Waals surface area contributed by atoms with Gasteiger partial charge in [0.1, 0.15) is 11.5 Å². The lowest BCUT2D eigenvalue weighted by molar-refractivity contribution is 0.0645. The van der Waals surface area contributed by atoms with Crippen LogP contribution in [0.25, 0.3) is 0 Å². The maximum atomic E-state index is 12.2. The van der Waals surface area contributed by atoms with Gasteiger partial charge in [-0.1, -0.05) is 0 Å². The molecule has 0 bridgehead atoms. The van der Waals surface area contributed by atoms with Crippen molar-refractivity contribution in [1.82, 2.24) is 14.9 Å². The van der Waals surface area contributed by atoms with Gasteiger partial charge >= 0.3 is 0 Å². The first-order valence-corrected chi connectivity index (χ1v) is 6.14. The first-order chi connectivity index (χ1) is 8.74. The highest BCUT2D eigenvalue weighted by molar-refractivity contribution is 5.92. The van der Waals surface area contributed by atoms with E-state index in [2.05, 4.69) is 15.3 Å². The highest BCUT2D eigenvalue weighted by Crippen LogP contribution is 2.18. The average Bonchev–Trinajstić information content (AvgIpc) is 2.46. The van der Waals surface area contributed by atoms with Crippen molar-refractivity contribution in [1.29, 1.82) is 0 Å². The molecule has 0 saturated carbocycles. The molecule has 1 amide bonds. The van der Waals surface area contributed by atoms with Gasteiger partial charge in [0, 0.05) is 26.7 Å². The Morgan fingerprint density at radius 2 is 2.22 bits per heavy atom. The van der Waals surface area contributed by atoms with Crippen molar-refractivity contribution < 1.29 is 9.90 Å². The number of nitrogens with one attached hydrogen (secondary N) is 1. The lowest BCUT2D eigenvalue weighted by Gasteiger charge is -2.30. The molecular weight excluding hydrogens is 232 g/mol. The zero-order valence-electron chi connectivity index (χ0n) is 10.5. The van der Waals surface area contributed by atoms with Crippen molar-refractivity contribution in [2.45, 2.75) is 12.8 Å². The Morgan fingerprint density at radius 3 is 2.83 bits per heavy atom. The minimum absolute atomic E-state index is 0.0870. The van der Waals surface area contributed by atoms with Crippen molar-refractivity contribution in [3.05, 3.63) is 18.1 Å². The van der Waals surface area contributed by atoms with Gasteiger partial charge in [0.25, 0.3) is 5.91 Å². The quantitative estimate of drug-likeness (QED) is 0.810. The van der Waals surface area contributed by atoms with E-state index in [0.29, 0.717) is 30.5 Å². The van der Waals surface area contributed by atoms with Crippen LogP contribution in [-0.4, -0.2) is 52.6 Å². The second kappa shape index (κ2) is 5.77. The third-order valence-electron chi connectivity index (χ3n) is 3.27. The summed E-state index contributed by atoms with van der Waals surface area (Å²) >= 11 is 0. The molecule has 6 nitrogen and oxygen atoms in total. The highest BCUT2D eigenvalue weighted by Gasteiger charge is 2.24. The second-order valence-electron chi connectivity index (χ2n) is 4.46. The molecule has 0 spiro atoms. The maximum Gasteiger partial charge on any atom is 0.274 e. The molecular formula is C12H18N4O2. The molecule has 6 heteroatoms. The van der Waals surface area contributed by atoms with Gasteiger partial charge in [-0.15, -0.1) is 0 Å². The van der Waals surface area contributed by atoms with Gasteiger partial charge in [0.15, 0.2) is 0 Å². The van der Waals surface area contributed by atoms with Crippen LogP contribution in [0.4, 0.5) is 5.82 Å². The number of aliphatic hydroxyl groups excluding tert-OH is 1. The molecule has 0 atom stereocenters. The molecule has 2 rings (SSSR count). The summed E-state index contributed by atoms with van der Waals surface area (Å²) in [5, 5.41) is 11.9. The number of piperidine rings is 1. The standard InChI is InChI=1S/C12H18N4O2/c1-13-11-7-14-6-10(15-11)12(18)16-4-2-9(8-17)3-5-16/h6-7,9,17H,2-5,8H2,1H3,(H,13,15). The van der Waals surface area contributed by atoms with E-state index in [9.17, 15) is 4.79 Å². The van der Waals surface area contributed by atoms with Gasteiger partial charge in [-0.2, -0.15) is 0 Å². The first-order valence-electron chi connectivity index (χ1n) is 6.14. The van der Waals surface area contributed by atoms with Crippen molar-refractivity contribution in [3.63, 3.8) is 0 Å². The van der Waals surface area contributed by atoms with Gasteiger partial charge in [0.2, 0.25) is 0 Å². The normalized spacial score (nSPS) is 16.7. The summed E-state index contributed by atoms with van der Waals surface area (Å²) in [6.45, 7) is 1.56. The smallest absolute Gasteiger partial charge is 0.274 e. The number of carbonyl (C=O) groups excluding carboxylic acids is 1. The fraction of sp³-hybridized carbons (Fsp3) is 0.583. The van der Waals surface area contributed by atoms with Gasteiger partial charge in [-0.25, -0.2) is 4.98 Å². The van der Waals surface area contributed by atoms with E-state index in [-0.39, 0.29) is 12.5 Å². The van der Waals surface area contributed by atoms with Crippen molar-refractivity contribution in [2.75, 3.05) is 32.1 Å². The number of hydrogen-bond donors (Lipinski definition) is 2. The SMILES string of the molecule is CNc1cncc(C(=O)N2CCC(CO)CC2)n1. The Bertz CT molecular complexity index is 416. The van der Waals surface area contributed by atoms with Crippen LogP contribution in [0.2, 0.25) is 0 Å². The number of anilines is 1. The predicted octanol–water partition coefficient (Wildman–Crippen LogP) is 0.363. The molecule has 1 aromatic heterocycles. The van der Waals surface area contributed by atoms with Crippen LogP contribution in [-0.2, 0) is 0 Å². The van der Waals surface area contributed by atoms with E-state index < -0.39 is 0 Å². The minimum atomic E-state index is -0.0870. The maximum absolute atomic E-state index is 12.2. The molecule has 2 N–H and O–H groups in total. The summed E-state index contributed by atoms with van der Waals surface area (Å²) in [7, 11) is 1.74. The Morgan fingerprint density at radius 1 is 1.50 bits per heavy atom. The zero-order chi connectivity index (χ0) is 13.0. The Kier molecular flexibility index (Phi) is 4.09. The fourth-order valence-corrected chi connectivity index (χ4v) is 2.07. The van der Waals surface area contributed by atoms with Crippen molar-refractivity contribution >= 4 is 11.7 Å². The van der Waals surface area contributed by atoms with Crippen molar-refractivity contribution in [3.8, 4) is 0 Å². The fourth-order valence-electron chi connectivity index (χ4n) is 2.07. The van der Waals surface area contributed by atoms with E-state index >= 15 is 0 Å². The van der Waals surface area contributed by atoms with Crippen LogP contribution in [0.15, 0.2) is 12.4 Å². The predicted molar refractivity (Wildman–Crippen MR) is 67.3 cm³/mol. The monoisotopic (exact) mass is 250 g/mol. The summed E-state index contributed by atoms with van der Waals surface area (Å²) < 4.78 is 0. The molecule has 98 valence electrons. The number of carbonyl (C=O) groups is 1. The number of nitrogens with zero attached hydrogens (tertiary/aromatic N) is 3. The molecule has 18 heavy (non-hydrogen) atoms. The second-order valence-corrected chi connectivity index (χ2v) is 4.46. The lowest BCUT2D eigenvalue weighted by Crippen LogP contribution is -2.39. The van der Waals surface area contributed by atoms with Crippen molar-refractivity contribution in [2.24, 2.45) is 5.92 Å². The number of aromatic nitrogens is 2. The van der Waals surface area contributed by atoms with Gasteiger partial charge in [-0.05, 0) is 18.8 Å². The summed E-state index contributed by atoms with van der Waals surface area (Å²) in [6.07, 6.45) is 4.76. The Balaban J connectivity index is 2.03. The molecule has 2 heterocycles. The molecule has 1 aromatic rings. The number of rotatable bonds is 3. The minimum Gasteiger partial charge on any atom is -0.396 e. The van der Waals surface area contributed by atoms with Crippen LogP contribution >= 0.6 is 0 Å². The lowest BCUT2D eigenvalue weighted by atomic mass is 9.98. The van der Waals surface area contributed by atoms with E-state index in [1.165, 1.54) is 6.20 Å². The molecule has 0 unspecified atom stereocenters. The van der Waals surface area contributed by atoms with Gasteiger partial charge in [0.05, 0.1) is 12.4 Å². The third-order valence-corrected chi connectivity index (χ3v) is 3.27. The molecule has 1 fully saturated rings.